The average molecular weight is 806 g/mol. The number of carbonyl (C=O) groups is 1. The topological polar surface area (TPSA) is 145 Å². The van der Waals surface area contributed by atoms with Crippen LogP contribution in [0, 0.1) is 6.92 Å². The molecular weight excluding hydrogens is 751 g/mol. The van der Waals surface area contributed by atoms with Gasteiger partial charge in [0.15, 0.2) is 5.82 Å². The molecule has 5 aromatic rings. The number of likely N-dealkylation sites (tertiary alicyclic amines) is 1. The minimum Gasteiger partial charge on any atom is -0.507 e. The van der Waals surface area contributed by atoms with E-state index in [0.29, 0.717) is 23.6 Å². The highest BCUT2D eigenvalue weighted by Gasteiger charge is 2.25. The number of nitrogen functional groups attached to an aromatic ring is 1. The highest BCUT2D eigenvalue weighted by atomic mass is 32.1. The summed E-state index contributed by atoms with van der Waals surface area (Å²) in [5.74, 6) is 1.46. The third-order valence-corrected chi connectivity index (χ3v) is 11.6. The monoisotopic (exact) mass is 805 g/mol. The maximum atomic E-state index is 12.5. The Morgan fingerprint density at radius 3 is 2.50 bits per heavy atom. The first-order valence-electron chi connectivity index (χ1n) is 20.0. The number of aromatic nitrogens is 3. The molecule has 0 radical (unpaired) electrons. The second-order valence-electron chi connectivity index (χ2n) is 16.1. The SMILES string of the molecule is Cc1ncsc1-c1ccc(CNC(=O)OC(C)(C)C)c(N(C)CCN2CCC(Oc3ccc(CN4CCN(c5cc(-c6ccccc6O)nnc5N)CC4)cc3)C2)c1. The van der Waals surface area contributed by atoms with E-state index in [0.717, 1.165) is 104 Å². The van der Waals surface area contributed by atoms with Crippen LogP contribution in [0.4, 0.5) is 22.0 Å². The molecule has 7 rings (SSSR count). The van der Waals surface area contributed by atoms with Crippen molar-refractivity contribution in [3.05, 3.63) is 95.1 Å². The zero-order chi connectivity index (χ0) is 40.8. The van der Waals surface area contributed by atoms with Gasteiger partial charge in [-0.05, 0) is 87.2 Å². The van der Waals surface area contributed by atoms with E-state index in [1.807, 2.05) is 51.4 Å². The molecule has 0 spiro atoms. The summed E-state index contributed by atoms with van der Waals surface area (Å²) in [5, 5.41) is 21.7. The van der Waals surface area contributed by atoms with Gasteiger partial charge >= 0.3 is 6.09 Å². The molecule has 58 heavy (non-hydrogen) atoms. The Balaban J connectivity index is 0.883. The summed E-state index contributed by atoms with van der Waals surface area (Å²) in [6, 6.07) is 24.0. The summed E-state index contributed by atoms with van der Waals surface area (Å²) < 4.78 is 12.0. The van der Waals surface area contributed by atoms with Crippen LogP contribution in [0.1, 0.15) is 44.0 Å². The highest BCUT2D eigenvalue weighted by molar-refractivity contribution is 7.13. The van der Waals surface area contributed by atoms with Crippen LogP contribution in [0.2, 0.25) is 0 Å². The zero-order valence-corrected chi connectivity index (χ0v) is 35.0. The van der Waals surface area contributed by atoms with Gasteiger partial charge in [-0.1, -0.05) is 36.4 Å². The Labute approximate surface area is 345 Å². The summed E-state index contributed by atoms with van der Waals surface area (Å²) in [7, 11) is 2.12. The van der Waals surface area contributed by atoms with Gasteiger partial charge in [0, 0.05) is 83.7 Å². The van der Waals surface area contributed by atoms with Crippen molar-refractivity contribution in [1.82, 2.24) is 30.3 Å². The number of nitrogens with one attached hydrogen (secondary N) is 1. The molecule has 3 aromatic carbocycles. The number of thiazole rings is 1. The van der Waals surface area contributed by atoms with Crippen LogP contribution < -0.4 is 25.6 Å². The normalized spacial score (nSPS) is 16.4. The van der Waals surface area contributed by atoms with E-state index in [1.54, 1.807) is 23.5 Å². The van der Waals surface area contributed by atoms with Crippen molar-refractivity contribution in [3.8, 4) is 33.2 Å². The summed E-state index contributed by atoms with van der Waals surface area (Å²) >= 11 is 1.64. The number of ether oxygens (including phenoxy) is 2. The molecule has 0 bridgehead atoms. The van der Waals surface area contributed by atoms with E-state index < -0.39 is 11.7 Å². The fraction of sp³-hybridized carbons (Fsp3) is 0.409. The summed E-state index contributed by atoms with van der Waals surface area (Å²) in [5.41, 5.74) is 15.2. The predicted octanol–water partition coefficient (Wildman–Crippen LogP) is 6.80. The van der Waals surface area contributed by atoms with E-state index in [2.05, 4.69) is 89.6 Å². The third-order valence-electron chi connectivity index (χ3n) is 10.6. The summed E-state index contributed by atoms with van der Waals surface area (Å²) in [4.78, 5) is 27.5. The van der Waals surface area contributed by atoms with E-state index in [-0.39, 0.29) is 11.9 Å². The van der Waals surface area contributed by atoms with Crippen LogP contribution >= 0.6 is 11.3 Å². The second-order valence-corrected chi connectivity index (χ2v) is 17.0. The number of hydrogen-bond acceptors (Lipinski definition) is 13. The maximum Gasteiger partial charge on any atom is 0.407 e. The summed E-state index contributed by atoms with van der Waals surface area (Å²) in [6.07, 6.45) is 0.688. The Kier molecular flexibility index (Phi) is 12.6. The first-order chi connectivity index (χ1) is 27.9. The number of para-hydroxylation sites is 1. The molecule has 14 heteroatoms. The number of phenolic OH excluding ortho intramolecular Hbond substituents is 1. The molecule has 1 unspecified atom stereocenters. The lowest BCUT2D eigenvalue weighted by Gasteiger charge is -2.36. The van der Waals surface area contributed by atoms with E-state index >= 15 is 0 Å². The van der Waals surface area contributed by atoms with Gasteiger partial charge in [0.1, 0.15) is 23.2 Å². The molecule has 4 heterocycles. The molecule has 2 fully saturated rings. The number of nitrogens with two attached hydrogens (primary N) is 1. The molecule has 2 aliphatic rings. The quantitative estimate of drug-likeness (QED) is 0.115. The van der Waals surface area contributed by atoms with Crippen molar-refractivity contribution >= 4 is 34.6 Å². The first-order valence-corrected chi connectivity index (χ1v) is 20.8. The number of aromatic hydroxyl groups is 1. The van der Waals surface area contributed by atoms with Gasteiger partial charge < -0.3 is 35.4 Å². The van der Waals surface area contributed by atoms with Crippen molar-refractivity contribution in [2.45, 2.75) is 58.9 Å². The van der Waals surface area contributed by atoms with Crippen LogP contribution in [0.15, 0.2) is 78.3 Å². The largest absolute Gasteiger partial charge is 0.507 e. The number of likely N-dealkylation sites (N-methyl/N-ethyl adjacent to an activating group) is 1. The number of amides is 1. The van der Waals surface area contributed by atoms with Crippen LogP contribution in [0.3, 0.4) is 0 Å². The lowest BCUT2D eigenvalue weighted by Crippen LogP contribution is -2.46. The molecule has 306 valence electrons. The van der Waals surface area contributed by atoms with Crippen molar-refractivity contribution in [2.75, 3.05) is 74.9 Å². The number of anilines is 3. The lowest BCUT2D eigenvalue weighted by molar-refractivity contribution is 0.0523. The molecule has 0 aliphatic carbocycles. The number of carbonyl (C=O) groups excluding carboxylic acids is 1. The smallest absolute Gasteiger partial charge is 0.407 e. The molecular formula is C44H55N9O4S. The molecule has 2 aromatic heterocycles. The van der Waals surface area contributed by atoms with Crippen LogP contribution in [-0.4, -0.2) is 107 Å². The molecule has 0 saturated carbocycles. The molecule has 4 N–H and O–H groups in total. The molecule has 2 saturated heterocycles. The molecule has 13 nitrogen and oxygen atoms in total. The van der Waals surface area contributed by atoms with Crippen LogP contribution in [0.5, 0.6) is 11.5 Å². The molecule has 2 aliphatic heterocycles. The molecule has 1 amide bonds. The van der Waals surface area contributed by atoms with Gasteiger partial charge in [-0.15, -0.1) is 21.5 Å². The standard InChI is InChI=1S/C44H55N9O4S/c1-30-41(58-29-47-30)32-12-13-33(26-46-43(55)57-44(2,3)4)38(24-32)50(5)18-19-51-17-16-35(28-51)56-34-14-10-31(11-15-34)27-52-20-22-53(23-21-52)39-25-37(48-49-42(39)45)36-8-6-7-9-40(36)54/h6-15,24-25,29,35,54H,16-23,26-28H2,1-5H3,(H2,45,49)(H,46,55). The number of nitrogens with zero attached hydrogens (tertiary/aromatic N) is 7. The number of aryl methyl sites for hydroxylation is 1. The third kappa shape index (κ3) is 10.3. The Bertz CT molecular complexity index is 2170. The van der Waals surface area contributed by atoms with Gasteiger partial charge in [0.05, 0.1) is 27.5 Å². The number of benzene rings is 3. The Hall–Kier alpha value is -5.44. The predicted molar refractivity (Wildman–Crippen MR) is 232 cm³/mol. The average Bonchev–Trinajstić information content (AvgIpc) is 3.85. The highest BCUT2D eigenvalue weighted by Crippen LogP contribution is 2.34. The van der Waals surface area contributed by atoms with Crippen LogP contribution in [0.25, 0.3) is 21.7 Å². The van der Waals surface area contributed by atoms with Crippen molar-refractivity contribution in [3.63, 3.8) is 0 Å². The van der Waals surface area contributed by atoms with Gasteiger partial charge in [0.2, 0.25) is 0 Å². The van der Waals surface area contributed by atoms with Crippen LogP contribution in [-0.2, 0) is 17.8 Å². The van der Waals surface area contributed by atoms with E-state index in [4.69, 9.17) is 15.2 Å². The first kappa shape index (κ1) is 40.7. The minimum atomic E-state index is -0.560. The van der Waals surface area contributed by atoms with Gasteiger partial charge in [-0.2, -0.15) is 0 Å². The maximum absolute atomic E-state index is 12.5. The minimum absolute atomic E-state index is 0.136. The number of phenols is 1. The number of hydrogen-bond donors (Lipinski definition) is 3. The van der Waals surface area contributed by atoms with Gasteiger partial charge in [0.25, 0.3) is 0 Å². The number of piperazine rings is 1. The fourth-order valence-corrected chi connectivity index (χ4v) is 8.32. The number of rotatable bonds is 13. The Morgan fingerprint density at radius 1 is 1.00 bits per heavy atom. The zero-order valence-electron chi connectivity index (χ0n) is 34.1. The lowest BCUT2D eigenvalue weighted by atomic mass is 10.1. The van der Waals surface area contributed by atoms with E-state index in [1.165, 1.54) is 5.56 Å². The molecule has 1 atom stereocenters. The van der Waals surface area contributed by atoms with Gasteiger partial charge in [-0.3, -0.25) is 9.80 Å². The Morgan fingerprint density at radius 2 is 1.78 bits per heavy atom. The number of alkyl carbamates (subject to hydrolysis) is 1. The van der Waals surface area contributed by atoms with Gasteiger partial charge in [-0.25, -0.2) is 9.78 Å². The van der Waals surface area contributed by atoms with E-state index in [9.17, 15) is 9.90 Å². The fourth-order valence-electron chi connectivity index (χ4n) is 7.52. The van der Waals surface area contributed by atoms with Crippen molar-refractivity contribution in [2.24, 2.45) is 0 Å². The van der Waals surface area contributed by atoms with Crippen molar-refractivity contribution in [1.29, 1.82) is 0 Å². The summed E-state index contributed by atoms with van der Waals surface area (Å²) in [6.45, 7) is 15.8. The second kappa shape index (κ2) is 18.0. The van der Waals surface area contributed by atoms with Crippen molar-refractivity contribution < 1.29 is 19.4 Å².